The first-order chi connectivity index (χ1) is 12.3. The number of rotatable bonds is 1. The van der Waals surface area contributed by atoms with E-state index in [-0.39, 0.29) is 0 Å². The van der Waals surface area contributed by atoms with E-state index >= 15 is 0 Å². The quantitative estimate of drug-likeness (QED) is 0.465. The normalized spacial score (nSPS) is 29.6. The maximum atomic E-state index is 13.9. The molecule has 2 aromatic rings. The summed E-state index contributed by atoms with van der Waals surface area (Å²) in [6, 6.07) is 7.52. The SMILES string of the molecule is C[C@@H]1CC[C@@H]2CC(c3ccc4cc(C(F)(F)F)c(F)cc4c3)CCC2C1. The molecule has 140 valence electrons. The van der Waals surface area contributed by atoms with Crippen molar-refractivity contribution in [3.8, 4) is 0 Å². The lowest BCUT2D eigenvalue weighted by Gasteiger charge is -2.41. The van der Waals surface area contributed by atoms with E-state index in [1.807, 2.05) is 12.1 Å². The predicted molar refractivity (Wildman–Crippen MR) is 95.5 cm³/mol. The van der Waals surface area contributed by atoms with Crippen LogP contribution in [0.3, 0.4) is 0 Å². The molecule has 2 fully saturated rings. The van der Waals surface area contributed by atoms with Gasteiger partial charge < -0.3 is 0 Å². The van der Waals surface area contributed by atoms with Crippen molar-refractivity contribution in [3.05, 3.63) is 47.3 Å². The van der Waals surface area contributed by atoms with Crippen molar-refractivity contribution in [3.63, 3.8) is 0 Å². The Morgan fingerprint density at radius 3 is 2.35 bits per heavy atom. The van der Waals surface area contributed by atoms with E-state index in [0.29, 0.717) is 16.7 Å². The summed E-state index contributed by atoms with van der Waals surface area (Å²) in [5.74, 6) is 1.69. The number of alkyl halides is 3. The monoisotopic (exact) mass is 364 g/mol. The fourth-order valence-corrected chi connectivity index (χ4v) is 5.19. The molecule has 4 rings (SSSR count). The van der Waals surface area contributed by atoms with E-state index < -0.39 is 17.6 Å². The molecule has 2 unspecified atom stereocenters. The summed E-state index contributed by atoms with van der Waals surface area (Å²) in [4.78, 5) is 0. The number of halogens is 4. The maximum Gasteiger partial charge on any atom is 0.419 e. The van der Waals surface area contributed by atoms with Crippen LogP contribution in [0.2, 0.25) is 0 Å². The topological polar surface area (TPSA) is 0 Å². The zero-order chi connectivity index (χ0) is 18.5. The highest BCUT2D eigenvalue weighted by Gasteiger charge is 2.36. The molecule has 0 bridgehead atoms. The van der Waals surface area contributed by atoms with Gasteiger partial charge in [-0.25, -0.2) is 4.39 Å². The van der Waals surface area contributed by atoms with Gasteiger partial charge in [0.05, 0.1) is 5.56 Å². The van der Waals surface area contributed by atoms with Crippen LogP contribution >= 0.6 is 0 Å². The molecule has 2 aliphatic carbocycles. The van der Waals surface area contributed by atoms with Crippen LogP contribution in [0, 0.1) is 23.6 Å². The molecular formula is C22H24F4. The van der Waals surface area contributed by atoms with E-state index in [9.17, 15) is 17.6 Å². The lowest BCUT2D eigenvalue weighted by Crippen LogP contribution is -2.29. The van der Waals surface area contributed by atoms with Gasteiger partial charge in [0.25, 0.3) is 0 Å². The Hall–Kier alpha value is -1.58. The van der Waals surface area contributed by atoms with Crippen molar-refractivity contribution in [1.82, 2.24) is 0 Å². The highest BCUT2D eigenvalue weighted by molar-refractivity contribution is 5.84. The number of hydrogen-bond acceptors (Lipinski definition) is 0. The standard InChI is InChI=1S/C22H24F4/c1-13-2-3-15-9-16(5-4-14(15)8-13)17-6-7-18-11-20(22(24,25)26)21(23)12-19(18)10-17/h6-7,10-16H,2-5,8-9H2,1H3/t13-,14?,15-,16?/m1/s1. The Morgan fingerprint density at radius 1 is 0.846 bits per heavy atom. The summed E-state index contributed by atoms with van der Waals surface area (Å²) in [7, 11) is 0. The van der Waals surface area contributed by atoms with Gasteiger partial charge in [-0.15, -0.1) is 0 Å². The van der Waals surface area contributed by atoms with E-state index in [1.165, 1.54) is 25.7 Å². The zero-order valence-electron chi connectivity index (χ0n) is 15.0. The van der Waals surface area contributed by atoms with Crippen LogP contribution in [0.1, 0.15) is 62.5 Å². The van der Waals surface area contributed by atoms with Gasteiger partial charge in [0, 0.05) is 0 Å². The molecule has 0 spiro atoms. The molecule has 4 heteroatoms. The van der Waals surface area contributed by atoms with Crippen LogP contribution in [0.4, 0.5) is 17.6 Å². The number of hydrogen-bond donors (Lipinski definition) is 0. The summed E-state index contributed by atoms with van der Waals surface area (Å²) in [6.45, 7) is 2.34. The minimum atomic E-state index is -4.66. The number of fused-ring (bicyclic) bond motifs is 2. The Bertz CT molecular complexity index is 808. The largest absolute Gasteiger partial charge is 0.419 e. The summed E-state index contributed by atoms with van der Waals surface area (Å²) >= 11 is 0. The highest BCUT2D eigenvalue weighted by Crippen LogP contribution is 2.47. The first kappa shape index (κ1) is 17.8. The minimum absolute atomic E-state index is 0.444. The fraction of sp³-hybridized carbons (Fsp3) is 0.545. The van der Waals surface area contributed by atoms with Gasteiger partial charge in [-0.05, 0) is 84.2 Å². The molecule has 0 saturated heterocycles. The van der Waals surface area contributed by atoms with E-state index in [1.54, 1.807) is 6.07 Å². The van der Waals surface area contributed by atoms with Crippen LogP contribution in [0.25, 0.3) is 10.8 Å². The van der Waals surface area contributed by atoms with Crippen molar-refractivity contribution < 1.29 is 17.6 Å². The molecular weight excluding hydrogens is 340 g/mol. The fourth-order valence-electron chi connectivity index (χ4n) is 5.19. The van der Waals surface area contributed by atoms with Gasteiger partial charge in [0.2, 0.25) is 0 Å². The van der Waals surface area contributed by atoms with E-state index in [4.69, 9.17) is 0 Å². The van der Waals surface area contributed by atoms with Crippen molar-refractivity contribution in [2.45, 2.75) is 57.5 Å². The smallest absolute Gasteiger partial charge is 0.206 e. The summed E-state index contributed by atoms with van der Waals surface area (Å²) in [5, 5.41) is 1.01. The van der Waals surface area contributed by atoms with Gasteiger partial charge in [-0.1, -0.05) is 31.5 Å². The number of benzene rings is 2. The average Bonchev–Trinajstić information content (AvgIpc) is 2.59. The Kier molecular flexibility index (Phi) is 4.48. The third-order valence-electron chi connectivity index (χ3n) is 6.60. The first-order valence-electron chi connectivity index (χ1n) is 9.61. The van der Waals surface area contributed by atoms with E-state index in [0.717, 1.165) is 48.3 Å². The van der Waals surface area contributed by atoms with Crippen LogP contribution in [-0.2, 0) is 6.18 Å². The second-order valence-corrected chi connectivity index (χ2v) is 8.38. The molecule has 0 nitrogen and oxygen atoms in total. The van der Waals surface area contributed by atoms with Crippen LogP contribution in [0.15, 0.2) is 30.3 Å². The highest BCUT2D eigenvalue weighted by atomic mass is 19.4. The van der Waals surface area contributed by atoms with Gasteiger partial charge in [-0.2, -0.15) is 13.2 Å². The van der Waals surface area contributed by atoms with Gasteiger partial charge in [0.15, 0.2) is 0 Å². The third-order valence-corrected chi connectivity index (χ3v) is 6.60. The molecule has 0 radical (unpaired) electrons. The molecule has 0 aliphatic heterocycles. The van der Waals surface area contributed by atoms with Crippen LogP contribution < -0.4 is 0 Å². The second kappa shape index (κ2) is 6.54. The molecule has 0 heterocycles. The first-order valence-corrected chi connectivity index (χ1v) is 9.61. The molecule has 26 heavy (non-hydrogen) atoms. The van der Waals surface area contributed by atoms with Crippen LogP contribution in [0.5, 0.6) is 0 Å². The Labute approximate surface area is 151 Å². The Morgan fingerprint density at radius 2 is 1.58 bits per heavy atom. The molecule has 0 amide bonds. The third kappa shape index (κ3) is 3.35. The van der Waals surface area contributed by atoms with E-state index in [2.05, 4.69) is 6.92 Å². The summed E-state index contributed by atoms with van der Waals surface area (Å²) < 4.78 is 52.6. The van der Waals surface area contributed by atoms with Crippen molar-refractivity contribution in [2.24, 2.45) is 17.8 Å². The molecule has 2 aromatic carbocycles. The lowest BCUT2D eigenvalue weighted by molar-refractivity contribution is -0.139. The molecule has 2 aliphatic rings. The minimum Gasteiger partial charge on any atom is -0.206 e. The van der Waals surface area contributed by atoms with Crippen LogP contribution in [-0.4, -0.2) is 0 Å². The Balaban J connectivity index is 1.60. The summed E-state index contributed by atoms with van der Waals surface area (Å²) in [5.41, 5.74) is -0.0386. The van der Waals surface area contributed by atoms with Crippen molar-refractivity contribution in [1.29, 1.82) is 0 Å². The molecule has 4 atom stereocenters. The average molecular weight is 364 g/mol. The second-order valence-electron chi connectivity index (χ2n) is 8.38. The maximum absolute atomic E-state index is 13.9. The zero-order valence-corrected chi connectivity index (χ0v) is 15.0. The van der Waals surface area contributed by atoms with Crippen molar-refractivity contribution in [2.75, 3.05) is 0 Å². The molecule has 0 aromatic heterocycles. The lowest BCUT2D eigenvalue weighted by atomic mass is 9.64. The molecule has 2 saturated carbocycles. The van der Waals surface area contributed by atoms with Gasteiger partial charge in [-0.3, -0.25) is 0 Å². The van der Waals surface area contributed by atoms with Gasteiger partial charge >= 0.3 is 6.18 Å². The van der Waals surface area contributed by atoms with Gasteiger partial charge in [0.1, 0.15) is 5.82 Å². The van der Waals surface area contributed by atoms with Crippen molar-refractivity contribution >= 4 is 10.8 Å². The predicted octanol–water partition coefficient (Wildman–Crippen LogP) is 7.32. The molecule has 0 N–H and O–H groups in total. The summed E-state index contributed by atoms with van der Waals surface area (Å²) in [6.07, 6.45) is 2.79.